The summed E-state index contributed by atoms with van der Waals surface area (Å²) in [5.41, 5.74) is 3.37. The van der Waals surface area contributed by atoms with Crippen LogP contribution in [-0.2, 0) is 4.74 Å². The minimum absolute atomic E-state index is 0.178. The minimum Gasteiger partial charge on any atom is -0.361 e. The predicted molar refractivity (Wildman–Crippen MR) is 91.2 cm³/mol. The van der Waals surface area contributed by atoms with Gasteiger partial charge in [-0.15, -0.1) is 5.10 Å². The Kier molecular flexibility index (Phi) is 3.35. The highest BCUT2D eigenvalue weighted by molar-refractivity contribution is 5.73. The van der Waals surface area contributed by atoms with E-state index in [4.69, 9.17) is 4.74 Å². The van der Waals surface area contributed by atoms with Gasteiger partial charge < -0.3 is 4.74 Å². The average Bonchev–Trinajstić information content (AvgIpc) is 3.27. The van der Waals surface area contributed by atoms with Crippen molar-refractivity contribution in [2.45, 2.75) is 37.7 Å². The summed E-state index contributed by atoms with van der Waals surface area (Å²) in [4.78, 5) is 2.50. The van der Waals surface area contributed by atoms with Crippen molar-refractivity contribution in [1.29, 1.82) is 0 Å². The van der Waals surface area contributed by atoms with Gasteiger partial charge in [-0.3, -0.25) is 0 Å². The molecule has 0 spiro atoms. The second-order valence-corrected chi connectivity index (χ2v) is 6.60. The van der Waals surface area contributed by atoms with E-state index in [1.54, 1.807) is 0 Å². The largest absolute Gasteiger partial charge is 0.361 e. The van der Waals surface area contributed by atoms with Gasteiger partial charge in [-0.1, -0.05) is 47.7 Å². The predicted octanol–water partition coefficient (Wildman–Crippen LogP) is 3.51. The van der Waals surface area contributed by atoms with Crippen LogP contribution >= 0.6 is 0 Å². The molecule has 0 N–H and O–H groups in total. The van der Waals surface area contributed by atoms with Crippen LogP contribution in [0.3, 0.4) is 0 Å². The fourth-order valence-corrected chi connectivity index (χ4v) is 4.13. The lowest BCUT2D eigenvalue weighted by atomic mass is 10.0. The van der Waals surface area contributed by atoms with E-state index in [9.17, 15) is 0 Å². The molecule has 0 bridgehead atoms. The van der Waals surface area contributed by atoms with E-state index >= 15 is 0 Å². The smallest absolute Gasteiger partial charge is 0.113 e. The third-order valence-electron chi connectivity index (χ3n) is 5.24. The van der Waals surface area contributed by atoms with E-state index < -0.39 is 0 Å². The van der Waals surface area contributed by atoms with Gasteiger partial charge in [0.25, 0.3) is 0 Å². The highest BCUT2D eigenvalue weighted by Gasteiger charge is 2.43. The summed E-state index contributed by atoms with van der Waals surface area (Å²) in [6.45, 7) is 0.748. The Balaban J connectivity index is 1.57. The van der Waals surface area contributed by atoms with Crippen molar-refractivity contribution >= 4 is 11.0 Å². The number of para-hydroxylation sites is 1. The molecule has 5 heteroatoms. The molecule has 0 radical (unpaired) electrons. The summed E-state index contributed by atoms with van der Waals surface area (Å²) in [6.07, 6.45) is 3.70. The molecule has 3 atom stereocenters. The molecule has 5 rings (SSSR count). The first-order valence-corrected chi connectivity index (χ1v) is 8.66. The van der Waals surface area contributed by atoms with Crippen LogP contribution in [-0.4, -0.2) is 32.7 Å². The summed E-state index contributed by atoms with van der Waals surface area (Å²) in [7, 11) is 0. The van der Waals surface area contributed by atoms with Gasteiger partial charge >= 0.3 is 0 Å². The first-order chi connectivity index (χ1) is 11.9. The normalized spacial score (nSPS) is 27.4. The zero-order valence-corrected chi connectivity index (χ0v) is 13.5. The highest BCUT2D eigenvalue weighted by Crippen LogP contribution is 2.43. The van der Waals surface area contributed by atoms with Crippen molar-refractivity contribution in [1.82, 2.24) is 19.9 Å². The summed E-state index contributed by atoms with van der Waals surface area (Å²) in [5.74, 6) is 0. The second kappa shape index (κ2) is 5.69. The van der Waals surface area contributed by atoms with E-state index in [1.807, 2.05) is 12.1 Å². The molecule has 5 nitrogen and oxygen atoms in total. The molecular weight excluding hydrogens is 300 g/mol. The van der Waals surface area contributed by atoms with Gasteiger partial charge in [0, 0.05) is 0 Å². The van der Waals surface area contributed by atoms with Crippen LogP contribution in [0.4, 0.5) is 0 Å². The Bertz CT molecular complexity index is 847. The quantitative estimate of drug-likeness (QED) is 0.725. The molecule has 122 valence electrons. The molecule has 0 aliphatic carbocycles. The number of rotatable bonds is 2. The lowest BCUT2D eigenvalue weighted by Gasteiger charge is -2.39. The Labute approximate surface area is 140 Å². The molecule has 2 aliphatic rings. The molecule has 1 aromatic heterocycles. The Hall–Kier alpha value is -2.24. The van der Waals surface area contributed by atoms with Crippen LogP contribution in [0.2, 0.25) is 0 Å². The van der Waals surface area contributed by atoms with Crippen LogP contribution in [0.5, 0.6) is 0 Å². The monoisotopic (exact) mass is 320 g/mol. The van der Waals surface area contributed by atoms with Gasteiger partial charge in [-0.2, -0.15) is 0 Å². The SMILES string of the molecule is c1ccc([C@H]2COC3CCCC(n4nnc5ccccc54)N32)cc1. The molecule has 0 amide bonds. The van der Waals surface area contributed by atoms with Crippen LogP contribution < -0.4 is 0 Å². The van der Waals surface area contributed by atoms with Crippen LogP contribution in [0.25, 0.3) is 11.0 Å². The summed E-state index contributed by atoms with van der Waals surface area (Å²) in [5, 5.41) is 8.83. The number of aromatic nitrogens is 3. The standard InChI is InChI=1S/C19H20N4O/c1-2-7-14(8-3-1)17-13-24-19-12-6-11-18(22(17)19)23-16-10-5-4-9-15(16)20-21-23/h1-5,7-10,17-19H,6,11-13H2/t17-,18?,19?/m1/s1. The van der Waals surface area contributed by atoms with Crippen molar-refractivity contribution in [2.75, 3.05) is 6.61 Å². The van der Waals surface area contributed by atoms with Crippen molar-refractivity contribution in [3.05, 3.63) is 60.2 Å². The van der Waals surface area contributed by atoms with E-state index in [0.29, 0.717) is 0 Å². The van der Waals surface area contributed by atoms with E-state index in [0.717, 1.165) is 36.9 Å². The summed E-state index contributed by atoms with van der Waals surface area (Å²) in [6, 6.07) is 19.1. The third kappa shape index (κ3) is 2.16. The fraction of sp³-hybridized carbons (Fsp3) is 0.368. The molecule has 24 heavy (non-hydrogen) atoms. The first-order valence-electron chi connectivity index (χ1n) is 8.66. The maximum absolute atomic E-state index is 6.13. The molecule has 3 heterocycles. The number of hydrogen-bond acceptors (Lipinski definition) is 4. The molecule has 3 aromatic rings. The van der Waals surface area contributed by atoms with Gasteiger partial charge in [0.05, 0.1) is 18.2 Å². The van der Waals surface area contributed by atoms with Gasteiger partial charge in [-0.05, 0) is 37.0 Å². The second-order valence-electron chi connectivity index (χ2n) is 6.60. The Morgan fingerprint density at radius 3 is 2.71 bits per heavy atom. The molecule has 0 saturated carbocycles. The Morgan fingerprint density at radius 1 is 0.958 bits per heavy atom. The van der Waals surface area contributed by atoms with E-state index in [2.05, 4.69) is 62.4 Å². The lowest BCUT2D eigenvalue weighted by Crippen LogP contribution is -2.42. The average molecular weight is 320 g/mol. The minimum atomic E-state index is 0.178. The molecule has 2 aromatic carbocycles. The van der Waals surface area contributed by atoms with Gasteiger partial charge in [-0.25, -0.2) is 9.58 Å². The Morgan fingerprint density at radius 2 is 1.79 bits per heavy atom. The van der Waals surface area contributed by atoms with Crippen molar-refractivity contribution in [2.24, 2.45) is 0 Å². The summed E-state index contributed by atoms with van der Waals surface area (Å²) < 4.78 is 8.22. The van der Waals surface area contributed by atoms with E-state index in [1.165, 1.54) is 5.56 Å². The molecule has 2 aliphatic heterocycles. The zero-order chi connectivity index (χ0) is 15.9. The maximum Gasteiger partial charge on any atom is 0.113 e. The first kappa shape index (κ1) is 14.1. The third-order valence-corrected chi connectivity index (χ3v) is 5.24. The number of piperidine rings is 1. The number of benzene rings is 2. The van der Waals surface area contributed by atoms with Crippen molar-refractivity contribution in [3.63, 3.8) is 0 Å². The number of nitrogens with zero attached hydrogens (tertiary/aromatic N) is 4. The number of ether oxygens (including phenoxy) is 1. The topological polar surface area (TPSA) is 43.2 Å². The summed E-state index contributed by atoms with van der Waals surface area (Å²) >= 11 is 0. The van der Waals surface area contributed by atoms with Crippen molar-refractivity contribution < 1.29 is 4.74 Å². The maximum atomic E-state index is 6.13. The zero-order valence-electron chi connectivity index (χ0n) is 13.5. The van der Waals surface area contributed by atoms with E-state index in [-0.39, 0.29) is 18.4 Å². The fourth-order valence-electron chi connectivity index (χ4n) is 4.13. The van der Waals surface area contributed by atoms with Gasteiger partial charge in [0.2, 0.25) is 0 Å². The van der Waals surface area contributed by atoms with Crippen LogP contribution in [0.1, 0.15) is 37.0 Å². The molecule has 2 saturated heterocycles. The molecular formula is C19H20N4O. The van der Waals surface area contributed by atoms with Crippen molar-refractivity contribution in [3.8, 4) is 0 Å². The molecule has 2 fully saturated rings. The van der Waals surface area contributed by atoms with Crippen LogP contribution in [0.15, 0.2) is 54.6 Å². The number of fused-ring (bicyclic) bond motifs is 2. The van der Waals surface area contributed by atoms with Gasteiger partial charge in [0.1, 0.15) is 17.9 Å². The van der Waals surface area contributed by atoms with Crippen LogP contribution in [0, 0.1) is 0 Å². The number of hydrogen-bond donors (Lipinski definition) is 0. The molecule has 2 unspecified atom stereocenters. The lowest BCUT2D eigenvalue weighted by molar-refractivity contribution is -0.0521. The highest BCUT2D eigenvalue weighted by atomic mass is 16.5. The van der Waals surface area contributed by atoms with Gasteiger partial charge in [0.15, 0.2) is 0 Å².